The third-order valence-corrected chi connectivity index (χ3v) is 8.71. The number of fused-ring (bicyclic) bond motifs is 3. The smallest absolute Gasteiger partial charge is 0.125 e. The number of rotatable bonds is 4. The van der Waals surface area contributed by atoms with Gasteiger partial charge < -0.3 is 10.0 Å². The standard InChI is InChI=1S/C23H23ClN6OS/c24-19-7-14-9-27-30(18-10-26-29(13-18)17-3-4-17)20(14)8-21(19)28-11-15-1-2-16(12-28)23(15,31)22-25-5-6-32-22/h5-10,13,15-17,31H,1-4,11-12H2/t15-,16+,23?. The van der Waals surface area contributed by atoms with E-state index in [0.29, 0.717) is 6.04 Å². The molecular formula is C23H23ClN6OS. The molecule has 3 aromatic heterocycles. The lowest BCUT2D eigenvalue weighted by molar-refractivity contribution is -0.0509. The fourth-order valence-electron chi connectivity index (χ4n) is 5.67. The maximum absolute atomic E-state index is 11.6. The second-order valence-electron chi connectivity index (χ2n) is 9.37. The molecule has 3 atom stereocenters. The molecule has 4 heterocycles. The molecule has 1 N–H and O–H groups in total. The van der Waals surface area contributed by atoms with Gasteiger partial charge in [-0.05, 0) is 37.8 Å². The van der Waals surface area contributed by atoms with Crippen LogP contribution >= 0.6 is 22.9 Å². The summed E-state index contributed by atoms with van der Waals surface area (Å²) in [6.07, 6.45) is 12.0. The second-order valence-corrected chi connectivity index (χ2v) is 10.7. The molecule has 164 valence electrons. The zero-order chi connectivity index (χ0) is 21.4. The van der Waals surface area contributed by atoms with Crippen molar-refractivity contribution in [2.75, 3.05) is 18.0 Å². The molecule has 1 aromatic carbocycles. The molecule has 2 aliphatic carbocycles. The van der Waals surface area contributed by atoms with Crippen molar-refractivity contribution >= 4 is 39.5 Å². The number of halogens is 1. The molecule has 2 saturated carbocycles. The van der Waals surface area contributed by atoms with Crippen LogP contribution in [0.4, 0.5) is 5.69 Å². The van der Waals surface area contributed by atoms with Crippen LogP contribution in [0.1, 0.15) is 36.7 Å². The lowest BCUT2D eigenvalue weighted by Gasteiger charge is -2.44. The normalized spacial score (nSPS) is 27.5. The SMILES string of the molecule is OC1(c2nccs2)[C@@H]2CC[C@H]1CN(c1cc3c(cnn3-c3cnn(C4CC4)c3)cc1Cl)C2. The molecule has 9 heteroatoms. The Morgan fingerprint density at radius 1 is 1.06 bits per heavy atom. The summed E-state index contributed by atoms with van der Waals surface area (Å²) in [7, 11) is 0. The zero-order valence-electron chi connectivity index (χ0n) is 17.4. The highest BCUT2D eigenvalue weighted by Gasteiger charge is 2.55. The van der Waals surface area contributed by atoms with E-state index >= 15 is 0 Å². The maximum Gasteiger partial charge on any atom is 0.125 e. The molecular weight excluding hydrogens is 444 g/mol. The predicted octanol–water partition coefficient (Wildman–Crippen LogP) is 4.40. The van der Waals surface area contributed by atoms with Crippen molar-refractivity contribution in [2.24, 2.45) is 11.8 Å². The van der Waals surface area contributed by atoms with Crippen molar-refractivity contribution in [3.63, 3.8) is 0 Å². The van der Waals surface area contributed by atoms with Gasteiger partial charge in [0.1, 0.15) is 16.3 Å². The summed E-state index contributed by atoms with van der Waals surface area (Å²) in [5.74, 6) is 0.307. The van der Waals surface area contributed by atoms with Crippen LogP contribution in [0.5, 0.6) is 0 Å². The number of hydrogen-bond donors (Lipinski definition) is 1. The van der Waals surface area contributed by atoms with Gasteiger partial charge >= 0.3 is 0 Å². The first kappa shape index (κ1) is 19.1. The summed E-state index contributed by atoms with van der Waals surface area (Å²) in [6, 6.07) is 4.69. The predicted molar refractivity (Wildman–Crippen MR) is 125 cm³/mol. The average molecular weight is 467 g/mol. The lowest BCUT2D eigenvalue weighted by atomic mass is 9.80. The Balaban J connectivity index is 1.25. The molecule has 0 radical (unpaired) electrons. The Labute approximate surface area is 194 Å². The van der Waals surface area contributed by atoms with Gasteiger partial charge in [-0.25, -0.2) is 9.67 Å². The van der Waals surface area contributed by atoms with E-state index in [2.05, 4.69) is 32.3 Å². The summed E-state index contributed by atoms with van der Waals surface area (Å²) in [5.41, 5.74) is 2.18. The van der Waals surface area contributed by atoms with E-state index in [1.165, 1.54) is 12.8 Å². The fraction of sp³-hybridized carbons (Fsp3) is 0.435. The average Bonchev–Trinajstić information content (AvgIpc) is 3.12. The number of nitrogens with zero attached hydrogens (tertiary/aromatic N) is 6. The monoisotopic (exact) mass is 466 g/mol. The number of aromatic nitrogens is 5. The number of benzene rings is 1. The highest BCUT2D eigenvalue weighted by Crippen LogP contribution is 2.53. The van der Waals surface area contributed by atoms with E-state index in [0.717, 1.165) is 58.2 Å². The molecule has 32 heavy (non-hydrogen) atoms. The number of piperidine rings is 1. The molecule has 2 bridgehead atoms. The Hall–Kier alpha value is -2.42. The summed E-state index contributed by atoms with van der Waals surface area (Å²) >= 11 is 8.33. The second kappa shape index (κ2) is 6.79. The first-order chi connectivity index (χ1) is 15.6. The molecule has 1 saturated heterocycles. The third-order valence-electron chi connectivity index (χ3n) is 7.50. The Kier molecular flexibility index (Phi) is 4.05. The van der Waals surface area contributed by atoms with Crippen molar-refractivity contribution in [2.45, 2.75) is 37.3 Å². The van der Waals surface area contributed by atoms with Crippen LogP contribution in [0.25, 0.3) is 16.6 Å². The Morgan fingerprint density at radius 3 is 2.59 bits per heavy atom. The highest BCUT2D eigenvalue weighted by atomic mass is 35.5. The minimum Gasteiger partial charge on any atom is -0.382 e. The van der Waals surface area contributed by atoms with Crippen molar-refractivity contribution in [1.29, 1.82) is 0 Å². The fourth-order valence-corrected chi connectivity index (χ4v) is 6.86. The molecule has 7 nitrogen and oxygen atoms in total. The van der Waals surface area contributed by atoms with Crippen LogP contribution in [-0.4, -0.2) is 42.7 Å². The van der Waals surface area contributed by atoms with Gasteiger partial charge in [0.05, 0.1) is 40.9 Å². The number of thiazole rings is 1. The van der Waals surface area contributed by atoms with Gasteiger partial charge in [0.2, 0.25) is 0 Å². The van der Waals surface area contributed by atoms with Gasteiger partial charge in [0, 0.05) is 41.9 Å². The van der Waals surface area contributed by atoms with E-state index in [4.69, 9.17) is 11.6 Å². The van der Waals surface area contributed by atoms with Crippen molar-refractivity contribution in [3.05, 3.63) is 52.3 Å². The zero-order valence-corrected chi connectivity index (χ0v) is 19.0. The lowest BCUT2D eigenvalue weighted by Crippen LogP contribution is -2.52. The van der Waals surface area contributed by atoms with Gasteiger partial charge in [-0.2, -0.15) is 10.2 Å². The molecule has 0 spiro atoms. The minimum atomic E-state index is -0.819. The quantitative estimate of drug-likeness (QED) is 0.482. The van der Waals surface area contributed by atoms with E-state index in [1.807, 2.05) is 33.2 Å². The molecule has 3 aliphatic rings. The van der Waals surface area contributed by atoms with E-state index < -0.39 is 5.60 Å². The first-order valence-corrected chi connectivity index (χ1v) is 12.5. The van der Waals surface area contributed by atoms with Gasteiger partial charge in [-0.3, -0.25) is 4.68 Å². The molecule has 4 aromatic rings. The number of aliphatic hydroxyl groups is 1. The summed E-state index contributed by atoms with van der Waals surface area (Å²) in [4.78, 5) is 6.81. The summed E-state index contributed by atoms with van der Waals surface area (Å²) < 4.78 is 3.99. The van der Waals surface area contributed by atoms with Crippen LogP contribution in [0.2, 0.25) is 5.02 Å². The first-order valence-electron chi connectivity index (χ1n) is 11.2. The van der Waals surface area contributed by atoms with Crippen molar-refractivity contribution in [1.82, 2.24) is 24.5 Å². The number of hydrogen-bond acceptors (Lipinski definition) is 6. The van der Waals surface area contributed by atoms with Gasteiger partial charge in [0.25, 0.3) is 0 Å². The largest absolute Gasteiger partial charge is 0.382 e. The maximum atomic E-state index is 11.6. The van der Waals surface area contributed by atoms with Crippen molar-refractivity contribution < 1.29 is 5.11 Å². The van der Waals surface area contributed by atoms with Gasteiger partial charge in [-0.15, -0.1) is 11.3 Å². The summed E-state index contributed by atoms with van der Waals surface area (Å²) in [6.45, 7) is 1.54. The van der Waals surface area contributed by atoms with Crippen LogP contribution in [0, 0.1) is 11.8 Å². The van der Waals surface area contributed by atoms with E-state index in [9.17, 15) is 5.11 Å². The van der Waals surface area contributed by atoms with Crippen molar-refractivity contribution in [3.8, 4) is 5.69 Å². The van der Waals surface area contributed by atoms with Crippen LogP contribution < -0.4 is 4.90 Å². The van der Waals surface area contributed by atoms with Crippen LogP contribution in [0.15, 0.2) is 42.3 Å². The van der Waals surface area contributed by atoms with Crippen LogP contribution in [-0.2, 0) is 5.60 Å². The van der Waals surface area contributed by atoms with E-state index in [-0.39, 0.29) is 11.8 Å². The summed E-state index contributed by atoms with van der Waals surface area (Å²) in [5, 5.41) is 25.3. The van der Waals surface area contributed by atoms with Gasteiger partial charge in [-0.1, -0.05) is 11.6 Å². The topological polar surface area (TPSA) is 72.0 Å². The molecule has 1 aliphatic heterocycles. The number of anilines is 1. The van der Waals surface area contributed by atoms with Gasteiger partial charge in [0.15, 0.2) is 0 Å². The van der Waals surface area contributed by atoms with Crippen LogP contribution in [0.3, 0.4) is 0 Å². The Bertz CT molecular complexity index is 1300. The molecule has 3 fully saturated rings. The third kappa shape index (κ3) is 2.72. The molecule has 0 amide bonds. The van der Waals surface area contributed by atoms with E-state index in [1.54, 1.807) is 17.5 Å². The Morgan fingerprint density at radius 2 is 1.88 bits per heavy atom. The minimum absolute atomic E-state index is 0.154. The highest BCUT2D eigenvalue weighted by molar-refractivity contribution is 7.09. The molecule has 7 rings (SSSR count). The molecule has 1 unspecified atom stereocenters.